The highest BCUT2D eigenvalue weighted by Crippen LogP contribution is 2.18. The van der Waals surface area contributed by atoms with Crippen LogP contribution in [0, 0.1) is 6.92 Å². The van der Waals surface area contributed by atoms with Crippen molar-refractivity contribution >= 4 is 11.7 Å². The lowest BCUT2D eigenvalue weighted by molar-refractivity contribution is 0.123. The molecular formula is C14H21N3O. The van der Waals surface area contributed by atoms with E-state index >= 15 is 0 Å². The Morgan fingerprint density at radius 2 is 2.00 bits per heavy atom. The maximum Gasteiger partial charge on any atom is 0.322 e. The molecule has 0 aliphatic carbocycles. The summed E-state index contributed by atoms with van der Waals surface area (Å²) in [5.74, 6) is 0. The quantitative estimate of drug-likeness (QED) is 0.799. The Hall–Kier alpha value is -1.55. The summed E-state index contributed by atoms with van der Waals surface area (Å²) in [6, 6.07) is 7.84. The molecule has 1 heterocycles. The fourth-order valence-electron chi connectivity index (χ4n) is 2.19. The molecule has 0 bridgehead atoms. The summed E-state index contributed by atoms with van der Waals surface area (Å²) < 4.78 is 0. The number of benzene rings is 1. The summed E-state index contributed by atoms with van der Waals surface area (Å²) >= 11 is 0. The minimum Gasteiger partial charge on any atom is -0.317 e. The number of urea groups is 1. The van der Waals surface area contributed by atoms with E-state index < -0.39 is 0 Å². The first-order chi connectivity index (χ1) is 8.49. The molecule has 0 saturated carbocycles. The number of nitrogens with one attached hydrogen (secondary N) is 2. The lowest BCUT2D eigenvalue weighted by Gasteiger charge is -2.42. The van der Waals surface area contributed by atoms with Crippen molar-refractivity contribution in [3.05, 3.63) is 29.8 Å². The predicted octanol–water partition coefficient (Wildman–Crippen LogP) is 2.21. The standard InChI is InChI=1S/C14H21N3O/c1-11-4-6-12(7-5-11)16-13(18)17-9-8-15-10-14(17,2)3/h4-7,15H,8-10H2,1-3H3,(H,16,18). The van der Waals surface area contributed by atoms with Crippen LogP contribution in [0.2, 0.25) is 0 Å². The monoisotopic (exact) mass is 247 g/mol. The van der Waals surface area contributed by atoms with Gasteiger partial charge in [0.05, 0.1) is 5.54 Å². The van der Waals surface area contributed by atoms with E-state index in [-0.39, 0.29) is 11.6 Å². The van der Waals surface area contributed by atoms with E-state index in [1.165, 1.54) is 5.56 Å². The summed E-state index contributed by atoms with van der Waals surface area (Å²) in [6.45, 7) is 8.61. The lowest BCUT2D eigenvalue weighted by Crippen LogP contribution is -2.60. The van der Waals surface area contributed by atoms with E-state index in [2.05, 4.69) is 24.5 Å². The smallest absolute Gasteiger partial charge is 0.317 e. The molecule has 1 fully saturated rings. The van der Waals surface area contributed by atoms with Gasteiger partial charge in [-0.1, -0.05) is 17.7 Å². The minimum atomic E-state index is -0.146. The molecule has 2 N–H and O–H groups in total. The average molecular weight is 247 g/mol. The van der Waals surface area contributed by atoms with Crippen molar-refractivity contribution in [1.82, 2.24) is 10.2 Å². The third kappa shape index (κ3) is 2.82. The zero-order valence-electron chi connectivity index (χ0n) is 11.3. The molecule has 1 aromatic carbocycles. The second-order valence-corrected chi connectivity index (χ2v) is 5.44. The second kappa shape index (κ2) is 4.98. The van der Waals surface area contributed by atoms with E-state index in [0.717, 1.165) is 25.3 Å². The largest absolute Gasteiger partial charge is 0.322 e. The Balaban J connectivity index is 2.05. The summed E-state index contributed by atoms with van der Waals surface area (Å²) in [5, 5.41) is 6.26. The predicted molar refractivity (Wildman–Crippen MR) is 73.9 cm³/mol. The van der Waals surface area contributed by atoms with Gasteiger partial charge in [0.25, 0.3) is 0 Å². The maximum absolute atomic E-state index is 12.3. The Kier molecular flexibility index (Phi) is 3.57. The van der Waals surface area contributed by atoms with Crippen LogP contribution in [0.25, 0.3) is 0 Å². The topological polar surface area (TPSA) is 44.4 Å². The van der Waals surface area contributed by atoms with Gasteiger partial charge in [-0.05, 0) is 32.9 Å². The van der Waals surface area contributed by atoms with Gasteiger partial charge >= 0.3 is 6.03 Å². The van der Waals surface area contributed by atoms with Gasteiger partial charge in [0.2, 0.25) is 0 Å². The molecule has 2 amide bonds. The van der Waals surface area contributed by atoms with E-state index in [1.807, 2.05) is 36.1 Å². The van der Waals surface area contributed by atoms with Gasteiger partial charge in [0, 0.05) is 25.3 Å². The molecule has 1 saturated heterocycles. The van der Waals surface area contributed by atoms with Crippen molar-refractivity contribution in [1.29, 1.82) is 0 Å². The SMILES string of the molecule is Cc1ccc(NC(=O)N2CCNCC2(C)C)cc1. The number of carbonyl (C=O) groups is 1. The molecule has 1 aliphatic heterocycles. The molecule has 0 radical (unpaired) electrons. The normalized spacial score (nSPS) is 18.5. The number of hydrogen-bond donors (Lipinski definition) is 2. The highest BCUT2D eigenvalue weighted by Gasteiger charge is 2.33. The van der Waals surface area contributed by atoms with Crippen LogP contribution in [-0.4, -0.2) is 36.1 Å². The van der Waals surface area contributed by atoms with E-state index in [1.54, 1.807) is 0 Å². The molecule has 18 heavy (non-hydrogen) atoms. The van der Waals surface area contributed by atoms with Crippen LogP contribution < -0.4 is 10.6 Å². The first-order valence-corrected chi connectivity index (χ1v) is 6.35. The Morgan fingerprint density at radius 3 is 2.61 bits per heavy atom. The van der Waals surface area contributed by atoms with Crippen molar-refractivity contribution < 1.29 is 4.79 Å². The first-order valence-electron chi connectivity index (χ1n) is 6.35. The number of rotatable bonds is 1. The molecule has 0 unspecified atom stereocenters. The molecular weight excluding hydrogens is 226 g/mol. The maximum atomic E-state index is 12.3. The van der Waals surface area contributed by atoms with Crippen LogP contribution in [-0.2, 0) is 0 Å². The van der Waals surface area contributed by atoms with Gasteiger partial charge < -0.3 is 15.5 Å². The highest BCUT2D eigenvalue weighted by molar-refractivity contribution is 5.89. The summed E-state index contributed by atoms with van der Waals surface area (Å²) in [6.07, 6.45) is 0. The van der Waals surface area contributed by atoms with Gasteiger partial charge in [0.1, 0.15) is 0 Å². The van der Waals surface area contributed by atoms with Gasteiger partial charge in [-0.3, -0.25) is 0 Å². The van der Waals surface area contributed by atoms with Crippen molar-refractivity contribution in [3.8, 4) is 0 Å². The van der Waals surface area contributed by atoms with Crippen LogP contribution in [0.3, 0.4) is 0 Å². The molecule has 4 heteroatoms. The summed E-state index contributed by atoms with van der Waals surface area (Å²) in [4.78, 5) is 14.1. The zero-order chi connectivity index (χ0) is 13.2. The number of aryl methyl sites for hydroxylation is 1. The van der Waals surface area contributed by atoms with E-state index in [0.29, 0.717) is 0 Å². The molecule has 2 rings (SSSR count). The Morgan fingerprint density at radius 1 is 1.33 bits per heavy atom. The molecule has 1 aliphatic rings. The van der Waals surface area contributed by atoms with Crippen molar-refractivity contribution in [2.24, 2.45) is 0 Å². The van der Waals surface area contributed by atoms with Gasteiger partial charge in [-0.2, -0.15) is 0 Å². The van der Waals surface area contributed by atoms with E-state index in [9.17, 15) is 4.79 Å². The minimum absolute atomic E-state index is 0.0228. The van der Waals surface area contributed by atoms with E-state index in [4.69, 9.17) is 0 Å². The second-order valence-electron chi connectivity index (χ2n) is 5.44. The number of amides is 2. The van der Waals surface area contributed by atoms with Gasteiger partial charge in [-0.25, -0.2) is 4.79 Å². The number of hydrogen-bond acceptors (Lipinski definition) is 2. The number of nitrogens with zero attached hydrogens (tertiary/aromatic N) is 1. The number of piperazine rings is 1. The number of carbonyl (C=O) groups excluding carboxylic acids is 1. The van der Waals surface area contributed by atoms with Crippen molar-refractivity contribution in [3.63, 3.8) is 0 Å². The van der Waals surface area contributed by atoms with Crippen LogP contribution in [0.15, 0.2) is 24.3 Å². The Labute approximate surface area is 108 Å². The lowest BCUT2D eigenvalue weighted by atomic mass is 10.0. The van der Waals surface area contributed by atoms with Crippen molar-refractivity contribution in [2.75, 3.05) is 25.0 Å². The molecule has 4 nitrogen and oxygen atoms in total. The molecule has 0 atom stereocenters. The molecule has 0 aromatic heterocycles. The number of anilines is 1. The van der Waals surface area contributed by atoms with Crippen LogP contribution in [0.4, 0.5) is 10.5 Å². The van der Waals surface area contributed by atoms with Crippen LogP contribution in [0.5, 0.6) is 0 Å². The first kappa shape index (κ1) is 12.9. The fraction of sp³-hybridized carbons (Fsp3) is 0.500. The average Bonchev–Trinajstić information content (AvgIpc) is 2.31. The molecule has 0 spiro atoms. The molecule has 98 valence electrons. The van der Waals surface area contributed by atoms with Crippen LogP contribution >= 0.6 is 0 Å². The summed E-state index contributed by atoms with van der Waals surface area (Å²) in [5.41, 5.74) is 1.89. The zero-order valence-corrected chi connectivity index (χ0v) is 11.3. The van der Waals surface area contributed by atoms with Gasteiger partial charge in [0.15, 0.2) is 0 Å². The van der Waals surface area contributed by atoms with Crippen molar-refractivity contribution in [2.45, 2.75) is 26.3 Å². The Bertz CT molecular complexity index is 425. The van der Waals surface area contributed by atoms with Gasteiger partial charge in [-0.15, -0.1) is 0 Å². The van der Waals surface area contributed by atoms with Crippen LogP contribution in [0.1, 0.15) is 19.4 Å². The summed E-state index contributed by atoms with van der Waals surface area (Å²) in [7, 11) is 0. The molecule has 1 aromatic rings. The third-order valence-corrected chi connectivity index (χ3v) is 3.35. The third-order valence-electron chi connectivity index (χ3n) is 3.35. The fourth-order valence-corrected chi connectivity index (χ4v) is 2.19. The highest BCUT2D eigenvalue weighted by atomic mass is 16.2.